The van der Waals surface area contributed by atoms with E-state index in [0.29, 0.717) is 5.15 Å². The van der Waals surface area contributed by atoms with Crippen LogP contribution in [0.3, 0.4) is 0 Å². The maximum atomic E-state index is 6.49. The lowest BCUT2D eigenvalue weighted by atomic mass is 10.0. The van der Waals surface area contributed by atoms with Gasteiger partial charge >= 0.3 is 0 Å². The Bertz CT molecular complexity index is 1110. The molecule has 2 aliphatic rings. The molecular formula is C23H24ClN5. The molecule has 6 heteroatoms. The maximum absolute atomic E-state index is 6.49. The van der Waals surface area contributed by atoms with Crippen LogP contribution in [0, 0.1) is 6.92 Å². The van der Waals surface area contributed by atoms with Gasteiger partial charge in [0, 0.05) is 55.3 Å². The highest BCUT2D eigenvalue weighted by Gasteiger charge is 2.21. The number of hydrogen-bond acceptors (Lipinski definition) is 5. The van der Waals surface area contributed by atoms with Gasteiger partial charge in [0.2, 0.25) is 0 Å². The monoisotopic (exact) mass is 405 g/mol. The highest BCUT2D eigenvalue weighted by Crippen LogP contribution is 2.25. The number of nitrogens with zero attached hydrogens (tertiary/aromatic N) is 5. The Morgan fingerprint density at radius 3 is 2.90 bits per heavy atom. The molecule has 0 spiro atoms. The van der Waals surface area contributed by atoms with Crippen molar-refractivity contribution >= 4 is 28.2 Å². The molecule has 4 heterocycles. The van der Waals surface area contributed by atoms with Crippen LogP contribution in [-0.4, -0.2) is 38.7 Å². The summed E-state index contributed by atoms with van der Waals surface area (Å²) < 4.78 is 0. The van der Waals surface area contributed by atoms with Crippen molar-refractivity contribution in [2.24, 2.45) is 4.99 Å². The zero-order chi connectivity index (χ0) is 19.8. The third-order valence-electron chi connectivity index (χ3n) is 5.79. The minimum atomic E-state index is 0.592. The van der Waals surface area contributed by atoms with E-state index in [1.807, 2.05) is 12.3 Å². The van der Waals surface area contributed by atoms with Gasteiger partial charge in [0.15, 0.2) is 5.82 Å². The number of halogens is 1. The molecule has 3 aromatic rings. The average molecular weight is 406 g/mol. The molecule has 29 heavy (non-hydrogen) atoms. The quantitative estimate of drug-likeness (QED) is 0.601. The molecule has 5 rings (SSSR count). The second-order valence-corrected chi connectivity index (χ2v) is 8.40. The van der Waals surface area contributed by atoms with Crippen molar-refractivity contribution < 1.29 is 0 Å². The van der Waals surface area contributed by atoms with E-state index in [9.17, 15) is 0 Å². The molecule has 0 atom stereocenters. The van der Waals surface area contributed by atoms with Gasteiger partial charge in [-0.15, -0.1) is 0 Å². The van der Waals surface area contributed by atoms with Crippen molar-refractivity contribution in [3.8, 4) is 0 Å². The minimum absolute atomic E-state index is 0.592. The zero-order valence-corrected chi connectivity index (χ0v) is 17.4. The number of aryl methyl sites for hydroxylation is 1. The van der Waals surface area contributed by atoms with Crippen LogP contribution in [0.25, 0.3) is 10.9 Å². The van der Waals surface area contributed by atoms with Crippen LogP contribution >= 0.6 is 11.6 Å². The van der Waals surface area contributed by atoms with E-state index in [1.165, 1.54) is 24.0 Å². The van der Waals surface area contributed by atoms with Crippen LogP contribution < -0.4 is 0 Å². The summed E-state index contributed by atoms with van der Waals surface area (Å²) in [6.45, 7) is 5.58. The van der Waals surface area contributed by atoms with Crippen LogP contribution in [0.2, 0.25) is 5.15 Å². The molecule has 0 unspecified atom stereocenters. The van der Waals surface area contributed by atoms with Crippen molar-refractivity contribution in [1.29, 1.82) is 0 Å². The van der Waals surface area contributed by atoms with Gasteiger partial charge in [-0.3, -0.25) is 9.89 Å². The molecule has 0 saturated heterocycles. The lowest BCUT2D eigenvalue weighted by Crippen LogP contribution is -2.31. The normalized spacial score (nSPS) is 17.2. The number of benzene rings is 1. The molecule has 2 aromatic heterocycles. The summed E-state index contributed by atoms with van der Waals surface area (Å²) in [4.78, 5) is 21.1. The topological polar surface area (TPSA) is 54.3 Å². The molecule has 0 saturated carbocycles. The summed E-state index contributed by atoms with van der Waals surface area (Å²) in [6.07, 6.45) is 6.28. The Balaban J connectivity index is 1.35. The summed E-state index contributed by atoms with van der Waals surface area (Å²) in [5.74, 6) is 0.828. The Morgan fingerprint density at radius 1 is 1.10 bits per heavy atom. The highest BCUT2D eigenvalue weighted by molar-refractivity contribution is 6.30. The SMILES string of the molecule is Cc1ccc2nc(Cl)c(CN3CCc4nc(C5=NCCCC5)ncc4C3)cc2c1. The molecule has 148 valence electrons. The number of aromatic nitrogens is 3. The zero-order valence-electron chi connectivity index (χ0n) is 16.7. The summed E-state index contributed by atoms with van der Waals surface area (Å²) in [5, 5.41) is 1.73. The number of fused-ring (bicyclic) bond motifs is 2. The molecular weight excluding hydrogens is 382 g/mol. The second kappa shape index (κ2) is 7.81. The lowest BCUT2D eigenvalue weighted by molar-refractivity contribution is 0.242. The van der Waals surface area contributed by atoms with Crippen LogP contribution in [0.15, 0.2) is 35.5 Å². The van der Waals surface area contributed by atoms with E-state index in [-0.39, 0.29) is 0 Å². The van der Waals surface area contributed by atoms with Gasteiger partial charge < -0.3 is 0 Å². The Kier molecular flexibility index (Phi) is 5.02. The summed E-state index contributed by atoms with van der Waals surface area (Å²) in [6, 6.07) is 8.44. The van der Waals surface area contributed by atoms with Gasteiger partial charge in [0.05, 0.1) is 16.9 Å². The van der Waals surface area contributed by atoms with E-state index >= 15 is 0 Å². The lowest BCUT2D eigenvalue weighted by Gasteiger charge is -2.28. The van der Waals surface area contributed by atoms with Gasteiger partial charge in [-0.1, -0.05) is 23.2 Å². The molecule has 0 amide bonds. The third kappa shape index (κ3) is 3.89. The molecule has 0 fully saturated rings. The van der Waals surface area contributed by atoms with Crippen molar-refractivity contribution in [2.45, 2.75) is 45.7 Å². The Morgan fingerprint density at radius 2 is 2.03 bits per heavy atom. The summed E-state index contributed by atoms with van der Waals surface area (Å²) in [5.41, 5.74) is 6.69. The van der Waals surface area contributed by atoms with Crippen molar-refractivity contribution in [3.63, 3.8) is 0 Å². The van der Waals surface area contributed by atoms with E-state index in [0.717, 1.165) is 72.7 Å². The predicted octanol–water partition coefficient (Wildman–Crippen LogP) is 4.52. The van der Waals surface area contributed by atoms with E-state index in [2.05, 4.69) is 45.0 Å². The molecule has 1 aromatic carbocycles. The molecule has 0 bridgehead atoms. The Labute approximate surface area is 175 Å². The van der Waals surface area contributed by atoms with Gasteiger partial charge in [-0.05, 0) is 44.4 Å². The first-order chi connectivity index (χ1) is 14.2. The predicted molar refractivity (Wildman–Crippen MR) is 117 cm³/mol. The first kappa shape index (κ1) is 18.6. The van der Waals surface area contributed by atoms with E-state index < -0.39 is 0 Å². The van der Waals surface area contributed by atoms with Gasteiger partial charge in [-0.2, -0.15) is 0 Å². The third-order valence-corrected chi connectivity index (χ3v) is 6.11. The number of rotatable bonds is 3. The molecule has 0 N–H and O–H groups in total. The van der Waals surface area contributed by atoms with Crippen molar-refractivity contribution in [3.05, 3.63) is 63.8 Å². The largest absolute Gasteiger partial charge is 0.294 e. The Hall–Kier alpha value is -2.37. The second-order valence-electron chi connectivity index (χ2n) is 8.05. The number of pyridine rings is 1. The van der Waals surface area contributed by atoms with Gasteiger partial charge in [0.1, 0.15) is 5.15 Å². The highest BCUT2D eigenvalue weighted by atomic mass is 35.5. The first-order valence-electron chi connectivity index (χ1n) is 10.3. The number of hydrogen-bond donors (Lipinski definition) is 0. The smallest absolute Gasteiger partial charge is 0.173 e. The molecule has 2 aliphatic heterocycles. The van der Waals surface area contributed by atoms with Crippen LogP contribution in [0.4, 0.5) is 0 Å². The van der Waals surface area contributed by atoms with Crippen LogP contribution in [0.1, 0.15) is 47.5 Å². The fraction of sp³-hybridized carbons (Fsp3) is 0.391. The van der Waals surface area contributed by atoms with Crippen LogP contribution in [0.5, 0.6) is 0 Å². The standard InChI is InChI=1S/C23H24ClN5/c1-15-5-6-19-16(10-15)11-17(22(24)27-19)13-29-9-7-20-18(14-29)12-26-23(28-20)21-4-2-3-8-25-21/h5-6,10-12H,2-4,7-9,13-14H2,1H3. The van der Waals surface area contributed by atoms with Gasteiger partial charge in [-0.25, -0.2) is 15.0 Å². The molecule has 5 nitrogen and oxygen atoms in total. The van der Waals surface area contributed by atoms with Gasteiger partial charge in [0.25, 0.3) is 0 Å². The van der Waals surface area contributed by atoms with E-state index in [1.54, 1.807) is 0 Å². The molecule has 0 radical (unpaired) electrons. The van der Waals surface area contributed by atoms with Crippen molar-refractivity contribution in [1.82, 2.24) is 19.9 Å². The van der Waals surface area contributed by atoms with E-state index in [4.69, 9.17) is 16.6 Å². The maximum Gasteiger partial charge on any atom is 0.173 e. The average Bonchev–Trinajstić information content (AvgIpc) is 2.75. The number of aliphatic imine (C=N–C) groups is 1. The first-order valence-corrected chi connectivity index (χ1v) is 10.7. The summed E-state index contributed by atoms with van der Waals surface area (Å²) >= 11 is 6.49. The minimum Gasteiger partial charge on any atom is -0.294 e. The molecule has 0 aliphatic carbocycles. The summed E-state index contributed by atoms with van der Waals surface area (Å²) in [7, 11) is 0. The van der Waals surface area contributed by atoms with Crippen LogP contribution in [-0.2, 0) is 19.5 Å². The van der Waals surface area contributed by atoms with Crippen molar-refractivity contribution in [2.75, 3.05) is 13.1 Å². The fourth-order valence-electron chi connectivity index (χ4n) is 4.20. The fourth-order valence-corrected chi connectivity index (χ4v) is 4.40.